The minimum Gasteiger partial charge on any atom is -0.478 e. The summed E-state index contributed by atoms with van der Waals surface area (Å²) in [6.07, 6.45) is 2.46. The second kappa shape index (κ2) is 8.40. The number of likely N-dealkylation sites (N-methyl/N-ethyl adjacent to an activating group) is 1. The highest BCUT2D eigenvalue weighted by Crippen LogP contribution is 2.16. The van der Waals surface area contributed by atoms with Crippen LogP contribution in [-0.2, 0) is 12.8 Å². The number of hydrogen-bond acceptors (Lipinski definition) is 4. The lowest BCUT2D eigenvalue weighted by Gasteiger charge is -2.18. The molecule has 0 spiro atoms. The van der Waals surface area contributed by atoms with Gasteiger partial charge in [-0.25, -0.2) is 19.2 Å². The third kappa shape index (κ3) is 4.88. The lowest BCUT2D eigenvalue weighted by Crippen LogP contribution is -2.24. The van der Waals surface area contributed by atoms with Gasteiger partial charge in [0.15, 0.2) is 0 Å². The monoisotopic (exact) mass is 365 g/mol. The van der Waals surface area contributed by atoms with Crippen LogP contribution in [0.5, 0.6) is 0 Å². The Bertz CT molecular complexity index is 914. The number of nitrogens with zero attached hydrogens (tertiary/aromatic N) is 3. The molecule has 1 aromatic heterocycles. The molecule has 0 atom stereocenters. The number of halogens is 1. The SMILES string of the molecule is CN(CCc1ccccc1)c1ncc(C(=O)O)c(Cc2ccc(F)cc2)n1. The molecule has 5 nitrogen and oxygen atoms in total. The van der Waals surface area contributed by atoms with Crippen molar-refractivity contribution in [2.45, 2.75) is 12.8 Å². The molecule has 0 saturated carbocycles. The summed E-state index contributed by atoms with van der Waals surface area (Å²) >= 11 is 0. The fraction of sp³-hybridized carbons (Fsp3) is 0.190. The van der Waals surface area contributed by atoms with Gasteiger partial charge in [0.25, 0.3) is 0 Å². The van der Waals surface area contributed by atoms with Crippen LogP contribution in [0.4, 0.5) is 10.3 Å². The average molecular weight is 365 g/mol. The molecule has 138 valence electrons. The minimum atomic E-state index is -1.08. The molecule has 1 N–H and O–H groups in total. The van der Waals surface area contributed by atoms with Gasteiger partial charge in [-0.1, -0.05) is 42.5 Å². The van der Waals surface area contributed by atoms with E-state index in [9.17, 15) is 14.3 Å². The number of anilines is 1. The molecule has 0 aliphatic carbocycles. The van der Waals surface area contributed by atoms with Gasteiger partial charge >= 0.3 is 5.97 Å². The van der Waals surface area contributed by atoms with E-state index < -0.39 is 5.97 Å². The van der Waals surface area contributed by atoms with E-state index in [0.717, 1.165) is 12.0 Å². The van der Waals surface area contributed by atoms with E-state index in [-0.39, 0.29) is 11.4 Å². The second-order valence-electron chi connectivity index (χ2n) is 6.30. The van der Waals surface area contributed by atoms with E-state index in [1.54, 1.807) is 12.1 Å². The summed E-state index contributed by atoms with van der Waals surface area (Å²) in [5.41, 5.74) is 2.46. The van der Waals surface area contributed by atoms with Crippen LogP contribution in [0.1, 0.15) is 27.2 Å². The number of benzene rings is 2. The maximum atomic E-state index is 13.1. The van der Waals surface area contributed by atoms with Crippen molar-refractivity contribution < 1.29 is 14.3 Å². The molecule has 0 unspecified atom stereocenters. The summed E-state index contributed by atoms with van der Waals surface area (Å²) in [5.74, 6) is -0.945. The molecule has 6 heteroatoms. The third-order valence-electron chi connectivity index (χ3n) is 4.29. The highest BCUT2D eigenvalue weighted by atomic mass is 19.1. The Balaban J connectivity index is 1.79. The molecule has 0 saturated heterocycles. The maximum absolute atomic E-state index is 13.1. The van der Waals surface area contributed by atoms with Gasteiger partial charge in [-0.2, -0.15) is 0 Å². The topological polar surface area (TPSA) is 66.3 Å². The quantitative estimate of drug-likeness (QED) is 0.693. The number of aromatic carboxylic acids is 1. The van der Waals surface area contributed by atoms with E-state index >= 15 is 0 Å². The van der Waals surface area contributed by atoms with Crippen LogP contribution < -0.4 is 4.90 Å². The van der Waals surface area contributed by atoms with Gasteiger partial charge in [-0.05, 0) is 29.7 Å². The van der Waals surface area contributed by atoms with Crippen molar-refractivity contribution in [1.29, 1.82) is 0 Å². The smallest absolute Gasteiger partial charge is 0.339 e. The molecule has 0 fully saturated rings. The van der Waals surface area contributed by atoms with Gasteiger partial charge in [0.05, 0.1) is 11.3 Å². The molecule has 0 amide bonds. The zero-order chi connectivity index (χ0) is 19.2. The Morgan fingerprint density at radius 3 is 2.44 bits per heavy atom. The summed E-state index contributed by atoms with van der Waals surface area (Å²) in [7, 11) is 1.88. The Hall–Kier alpha value is -3.28. The zero-order valence-electron chi connectivity index (χ0n) is 15.0. The lowest BCUT2D eigenvalue weighted by atomic mass is 10.1. The largest absolute Gasteiger partial charge is 0.478 e. The highest BCUT2D eigenvalue weighted by Gasteiger charge is 2.16. The second-order valence-corrected chi connectivity index (χ2v) is 6.30. The summed E-state index contributed by atoms with van der Waals surface area (Å²) in [6, 6.07) is 16.0. The van der Waals surface area contributed by atoms with Gasteiger partial charge < -0.3 is 10.0 Å². The van der Waals surface area contributed by atoms with Gasteiger partial charge in [0.2, 0.25) is 5.95 Å². The fourth-order valence-electron chi connectivity index (χ4n) is 2.74. The van der Waals surface area contributed by atoms with Gasteiger partial charge in [-0.15, -0.1) is 0 Å². The molecule has 3 aromatic rings. The lowest BCUT2D eigenvalue weighted by molar-refractivity contribution is 0.0695. The molecule has 1 heterocycles. The van der Waals surface area contributed by atoms with Crippen LogP contribution in [-0.4, -0.2) is 34.6 Å². The highest BCUT2D eigenvalue weighted by molar-refractivity contribution is 5.88. The number of hydrogen-bond donors (Lipinski definition) is 1. The molecule has 0 radical (unpaired) electrons. The fourth-order valence-corrected chi connectivity index (χ4v) is 2.74. The standard InChI is InChI=1S/C21H20FN3O2/c1-25(12-11-15-5-3-2-4-6-15)21-23-14-18(20(26)27)19(24-21)13-16-7-9-17(22)10-8-16/h2-10,14H,11-13H2,1H3,(H,26,27). The first-order valence-corrected chi connectivity index (χ1v) is 8.61. The Kier molecular flexibility index (Phi) is 5.76. The zero-order valence-corrected chi connectivity index (χ0v) is 15.0. The van der Waals surface area contributed by atoms with Crippen LogP contribution in [0.15, 0.2) is 60.8 Å². The third-order valence-corrected chi connectivity index (χ3v) is 4.29. The molecular formula is C21H20FN3O2. The molecule has 2 aromatic carbocycles. The number of rotatable bonds is 7. The predicted octanol–water partition coefficient (Wildman–Crippen LogP) is 3.58. The van der Waals surface area contributed by atoms with Crippen LogP contribution in [0, 0.1) is 5.82 Å². The van der Waals surface area contributed by atoms with E-state index in [1.807, 2.05) is 30.1 Å². The van der Waals surface area contributed by atoms with E-state index in [1.165, 1.54) is 23.9 Å². The Morgan fingerprint density at radius 2 is 1.78 bits per heavy atom. The first-order valence-electron chi connectivity index (χ1n) is 8.61. The summed E-state index contributed by atoms with van der Waals surface area (Å²) in [5, 5.41) is 9.42. The first-order chi connectivity index (χ1) is 13.0. The number of aromatic nitrogens is 2. The molecule has 0 aliphatic rings. The van der Waals surface area contributed by atoms with E-state index in [4.69, 9.17) is 0 Å². The van der Waals surface area contributed by atoms with Gasteiger partial charge in [0, 0.05) is 26.2 Å². The van der Waals surface area contributed by atoms with Crippen molar-refractivity contribution >= 4 is 11.9 Å². The van der Waals surface area contributed by atoms with Gasteiger partial charge in [0.1, 0.15) is 5.82 Å². The Labute approximate surface area is 157 Å². The van der Waals surface area contributed by atoms with Crippen LogP contribution in [0.3, 0.4) is 0 Å². The van der Waals surface area contributed by atoms with Crippen LogP contribution >= 0.6 is 0 Å². The summed E-state index contributed by atoms with van der Waals surface area (Å²) in [4.78, 5) is 22.1. The summed E-state index contributed by atoms with van der Waals surface area (Å²) < 4.78 is 13.1. The number of carbonyl (C=O) groups is 1. The molecule has 0 aliphatic heterocycles. The van der Waals surface area contributed by atoms with Crippen molar-refractivity contribution in [2.24, 2.45) is 0 Å². The average Bonchev–Trinajstić information content (AvgIpc) is 2.68. The van der Waals surface area contributed by atoms with Crippen LogP contribution in [0.25, 0.3) is 0 Å². The maximum Gasteiger partial charge on any atom is 0.339 e. The van der Waals surface area contributed by atoms with Crippen molar-refractivity contribution in [3.05, 3.63) is 89.0 Å². The van der Waals surface area contributed by atoms with Crippen molar-refractivity contribution in [3.8, 4) is 0 Å². The van der Waals surface area contributed by atoms with Crippen molar-refractivity contribution in [3.63, 3.8) is 0 Å². The molecule has 27 heavy (non-hydrogen) atoms. The first kappa shape index (κ1) is 18.5. The Morgan fingerprint density at radius 1 is 1.07 bits per heavy atom. The summed E-state index contributed by atoms with van der Waals surface area (Å²) in [6.45, 7) is 0.701. The van der Waals surface area contributed by atoms with Crippen molar-refractivity contribution in [1.82, 2.24) is 9.97 Å². The van der Waals surface area contributed by atoms with Crippen LogP contribution in [0.2, 0.25) is 0 Å². The molecule has 0 bridgehead atoms. The molecule has 3 rings (SSSR count). The van der Waals surface area contributed by atoms with Gasteiger partial charge in [-0.3, -0.25) is 0 Å². The predicted molar refractivity (Wildman–Crippen MR) is 102 cm³/mol. The van der Waals surface area contributed by atoms with E-state index in [0.29, 0.717) is 24.6 Å². The molecular weight excluding hydrogens is 345 g/mol. The van der Waals surface area contributed by atoms with Crippen molar-refractivity contribution in [2.75, 3.05) is 18.5 Å². The number of carboxylic acids is 1. The number of carboxylic acid groups (broad SMARTS) is 1. The van der Waals surface area contributed by atoms with E-state index in [2.05, 4.69) is 22.1 Å². The normalized spacial score (nSPS) is 10.6. The minimum absolute atomic E-state index is 0.0551.